The van der Waals surface area contributed by atoms with Gasteiger partial charge >= 0.3 is 0 Å². The number of amides is 1. The number of piperazine rings is 1. The maximum atomic E-state index is 12.5. The topological polar surface area (TPSA) is 65.8 Å². The summed E-state index contributed by atoms with van der Waals surface area (Å²) in [6.07, 6.45) is 0.900. The molecule has 0 aliphatic carbocycles. The number of rotatable bonds is 4. The fraction of sp³-hybridized carbons (Fsp3) is 0.600. The van der Waals surface area contributed by atoms with Crippen molar-refractivity contribution < 1.29 is 9.90 Å². The van der Waals surface area contributed by atoms with Gasteiger partial charge in [-0.2, -0.15) is 0 Å². The van der Waals surface area contributed by atoms with Gasteiger partial charge in [-0.1, -0.05) is 13.0 Å². The van der Waals surface area contributed by atoms with Crippen LogP contribution in [0.15, 0.2) is 23.0 Å². The summed E-state index contributed by atoms with van der Waals surface area (Å²) >= 11 is 0. The molecule has 21 heavy (non-hydrogen) atoms. The molecular formula is C15H23N3O3. The third-order valence-corrected chi connectivity index (χ3v) is 4.20. The van der Waals surface area contributed by atoms with Gasteiger partial charge in [0.2, 0.25) is 0 Å². The third kappa shape index (κ3) is 3.33. The van der Waals surface area contributed by atoms with Crippen molar-refractivity contribution in [3.63, 3.8) is 0 Å². The zero-order valence-corrected chi connectivity index (χ0v) is 12.7. The second-order valence-electron chi connectivity index (χ2n) is 5.38. The molecule has 1 unspecified atom stereocenters. The highest BCUT2D eigenvalue weighted by molar-refractivity contribution is 5.92. The van der Waals surface area contributed by atoms with Crippen molar-refractivity contribution in [2.45, 2.75) is 19.4 Å². The highest BCUT2D eigenvalue weighted by Crippen LogP contribution is 2.11. The van der Waals surface area contributed by atoms with Crippen molar-refractivity contribution in [1.29, 1.82) is 0 Å². The average molecular weight is 293 g/mol. The molecule has 6 nitrogen and oxygen atoms in total. The fourth-order valence-electron chi connectivity index (χ4n) is 2.73. The number of aliphatic hydroxyl groups excluding tert-OH is 1. The first-order chi connectivity index (χ1) is 10.1. The minimum absolute atomic E-state index is 0.105. The van der Waals surface area contributed by atoms with Gasteiger partial charge in [-0.15, -0.1) is 0 Å². The smallest absolute Gasteiger partial charge is 0.270 e. The molecule has 1 aromatic heterocycles. The van der Waals surface area contributed by atoms with E-state index in [-0.39, 0.29) is 24.1 Å². The van der Waals surface area contributed by atoms with E-state index in [2.05, 4.69) is 11.8 Å². The molecule has 0 radical (unpaired) electrons. The van der Waals surface area contributed by atoms with Crippen LogP contribution in [0.1, 0.15) is 23.8 Å². The highest BCUT2D eigenvalue weighted by Gasteiger charge is 2.26. The van der Waals surface area contributed by atoms with Gasteiger partial charge in [0.25, 0.3) is 11.5 Å². The van der Waals surface area contributed by atoms with E-state index in [0.717, 1.165) is 19.5 Å². The molecule has 6 heteroatoms. The molecule has 0 bridgehead atoms. The number of carbonyl (C=O) groups is 1. The Kier molecular flexibility index (Phi) is 5.14. The highest BCUT2D eigenvalue weighted by atomic mass is 16.3. The van der Waals surface area contributed by atoms with Crippen molar-refractivity contribution in [3.05, 3.63) is 34.2 Å². The molecule has 1 aliphatic rings. The van der Waals surface area contributed by atoms with Gasteiger partial charge in [-0.25, -0.2) is 0 Å². The number of nitrogens with zero attached hydrogens (tertiary/aromatic N) is 3. The number of aliphatic hydroxyl groups is 1. The zero-order chi connectivity index (χ0) is 15.4. The van der Waals surface area contributed by atoms with Crippen LogP contribution in [-0.4, -0.2) is 64.2 Å². The molecule has 0 aromatic carbocycles. The normalized spacial score (nSPS) is 17.8. The predicted molar refractivity (Wildman–Crippen MR) is 80.3 cm³/mol. The van der Waals surface area contributed by atoms with E-state index in [1.807, 2.05) is 0 Å². The summed E-state index contributed by atoms with van der Waals surface area (Å²) in [5, 5.41) is 9.34. The first-order valence-corrected chi connectivity index (χ1v) is 7.38. The first kappa shape index (κ1) is 15.7. The standard InChI is InChI=1S/C15H23N3O3/c1-3-12(11-19)17-7-9-18(10-8-17)15(21)13-5-4-6-14(20)16(13)2/h4-6,12,19H,3,7-11H2,1-2H3. The van der Waals surface area contributed by atoms with Crippen LogP contribution in [0.25, 0.3) is 0 Å². The van der Waals surface area contributed by atoms with E-state index in [4.69, 9.17) is 0 Å². The van der Waals surface area contributed by atoms with Gasteiger partial charge in [0.05, 0.1) is 6.61 Å². The average Bonchev–Trinajstić information content (AvgIpc) is 2.51. The van der Waals surface area contributed by atoms with Gasteiger partial charge in [0.15, 0.2) is 0 Å². The third-order valence-electron chi connectivity index (χ3n) is 4.20. The molecule has 1 aliphatic heterocycles. The summed E-state index contributed by atoms with van der Waals surface area (Å²) in [6.45, 7) is 4.96. The molecule has 1 fully saturated rings. The molecule has 2 heterocycles. The summed E-state index contributed by atoms with van der Waals surface area (Å²) in [6, 6.07) is 4.91. The predicted octanol–water partition coefficient (Wildman–Crippen LogP) is -0.0860. The van der Waals surface area contributed by atoms with Crippen LogP contribution >= 0.6 is 0 Å². The Morgan fingerprint density at radius 2 is 1.95 bits per heavy atom. The molecular weight excluding hydrogens is 270 g/mol. The SMILES string of the molecule is CCC(CO)N1CCN(C(=O)c2cccc(=O)n2C)CC1. The number of aromatic nitrogens is 1. The quantitative estimate of drug-likeness (QED) is 0.843. The van der Waals surface area contributed by atoms with Gasteiger partial charge in [0, 0.05) is 45.3 Å². The van der Waals surface area contributed by atoms with Crippen LogP contribution in [0.4, 0.5) is 0 Å². The minimum Gasteiger partial charge on any atom is -0.395 e. The van der Waals surface area contributed by atoms with E-state index in [9.17, 15) is 14.7 Å². The Bertz CT molecular complexity index is 543. The maximum Gasteiger partial charge on any atom is 0.270 e. The lowest BCUT2D eigenvalue weighted by molar-refractivity contribution is 0.0464. The maximum absolute atomic E-state index is 12.5. The first-order valence-electron chi connectivity index (χ1n) is 7.38. The molecule has 116 valence electrons. The van der Waals surface area contributed by atoms with E-state index in [1.165, 1.54) is 10.6 Å². The van der Waals surface area contributed by atoms with Crippen molar-refractivity contribution >= 4 is 5.91 Å². The fourth-order valence-corrected chi connectivity index (χ4v) is 2.73. The summed E-state index contributed by atoms with van der Waals surface area (Å²) in [5.74, 6) is -0.105. The summed E-state index contributed by atoms with van der Waals surface area (Å²) < 4.78 is 1.39. The van der Waals surface area contributed by atoms with Crippen molar-refractivity contribution in [2.75, 3.05) is 32.8 Å². The molecule has 1 saturated heterocycles. The van der Waals surface area contributed by atoms with Gasteiger partial charge in [-0.05, 0) is 12.5 Å². The van der Waals surface area contributed by atoms with Crippen LogP contribution in [0, 0.1) is 0 Å². The van der Waals surface area contributed by atoms with Crippen LogP contribution in [-0.2, 0) is 7.05 Å². The molecule has 0 spiro atoms. The Hall–Kier alpha value is -1.66. The van der Waals surface area contributed by atoms with E-state index in [0.29, 0.717) is 18.8 Å². The molecule has 1 amide bonds. The Morgan fingerprint density at radius 3 is 2.52 bits per heavy atom. The second kappa shape index (κ2) is 6.87. The summed E-state index contributed by atoms with van der Waals surface area (Å²) in [5.41, 5.74) is 0.246. The number of hydrogen-bond donors (Lipinski definition) is 1. The molecule has 1 N–H and O–H groups in total. The van der Waals surface area contributed by atoms with Crippen LogP contribution in [0.3, 0.4) is 0 Å². The Labute approximate surface area is 124 Å². The lowest BCUT2D eigenvalue weighted by Crippen LogP contribution is -2.53. The molecule has 1 aromatic rings. The minimum atomic E-state index is -0.175. The summed E-state index contributed by atoms with van der Waals surface area (Å²) in [4.78, 5) is 28.1. The van der Waals surface area contributed by atoms with Crippen LogP contribution < -0.4 is 5.56 Å². The molecule has 1 atom stereocenters. The van der Waals surface area contributed by atoms with Gasteiger partial charge in [-0.3, -0.25) is 14.5 Å². The van der Waals surface area contributed by atoms with Crippen molar-refractivity contribution in [3.8, 4) is 0 Å². The second-order valence-corrected chi connectivity index (χ2v) is 5.38. The van der Waals surface area contributed by atoms with E-state index in [1.54, 1.807) is 24.1 Å². The van der Waals surface area contributed by atoms with Crippen LogP contribution in [0.2, 0.25) is 0 Å². The molecule has 2 rings (SSSR count). The monoisotopic (exact) mass is 293 g/mol. The Balaban J connectivity index is 2.04. The van der Waals surface area contributed by atoms with E-state index >= 15 is 0 Å². The van der Waals surface area contributed by atoms with Crippen molar-refractivity contribution in [1.82, 2.24) is 14.4 Å². The van der Waals surface area contributed by atoms with Gasteiger partial charge in [0.1, 0.15) is 5.69 Å². The molecule has 0 saturated carbocycles. The number of pyridine rings is 1. The number of carbonyl (C=O) groups excluding carboxylic acids is 1. The Morgan fingerprint density at radius 1 is 1.29 bits per heavy atom. The largest absolute Gasteiger partial charge is 0.395 e. The summed E-state index contributed by atoms with van der Waals surface area (Å²) in [7, 11) is 1.62. The van der Waals surface area contributed by atoms with Crippen LogP contribution in [0.5, 0.6) is 0 Å². The van der Waals surface area contributed by atoms with Crippen molar-refractivity contribution in [2.24, 2.45) is 7.05 Å². The number of hydrogen-bond acceptors (Lipinski definition) is 4. The van der Waals surface area contributed by atoms with E-state index < -0.39 is 0 Å². The lowest BCUT2D eigenvalue weighted by Gasteiger charge is -2.38. The zero-order valence-electron chi connectivity index (χ0n) is 12.7. The van der Waals surface area contributed by atoms with Gasteiger partial charge < -0.3 is 14.6 Å². The lowest BCUT2D eigenvalue weighted by atomic mass is 10.1.